The lowest BCUT2D eigenvalue weighted by Gasteiger charge is -2.43. The van der Waals surface area contributed by atoms with E-state index in [1.54, 1.807) is 6.07 Å². The van der Waals surface area contributed by atoms with E-state index in [2.05, 4.69) is 31.7 Å². The van der Waals surface area contributed by atoms with Gasteiger partial charge in [-0.05, 0) is 30.2 Å². The normalized spacial score (nSPS) is 22.4. The molecule has 0 radical (unpaired) electrons. The second-order valence-electron chi connectivity index (χ2n) is 9.50. The minimum absolute atomic E-state index is 0.00987. The van der Waals surface area contributed by atoms with Crippen LogP contribution in [0.3, 0.4) is 0 Å². The van der Waals surface area contributed by atoms with Crippen molar-refractivity contribution >= 4 is 23.2 Å². The summed E-state index contributed by atoms with van der Waals surface area (Å²) in [6.07, 6.45) is 3.87. The number of halogens is 1. The highest BCUT2D eigenvalue weighted by atomic mass is 19.1. The molecule has 1 amide bonds. The number of nitrogens with zero attached hydrogens (tertiary/aromatic N) is 5. The number of hydrogen-bond acceptors (Lipinski definition) is 8. The molecule has 9 nitrogen and oxygen atoms in total. The molecular weight excluding hydrogens is 451 g/mol. The average Bonchev–Trinajstić information content (AvgIpc) is 3.24. The van der Waals surface area contributed by atoms with Crippen molar-refractivity contribution in [2.24, 2.45) is 0 Å². The number of ether oxygens (including phenoxy) is 2. The lowest BCUT2D eigenvalue weighted by atomic mass is 9.89. The number of likely N-dealkylation sites (tertiary alicyclic amines) is 2. The molecule has 2 aromatic rings. The molecule has 35 heavy (non-hydrogen) atoms. The molecular formula is C25H29FN6O3. The first kappa shape index (κ1) is 22.2. The number of hydrogen-bond donors (Lipinski definition) is 1. The fraction of sp³-hybridized carbons (Fsp3) is 0.480. The van der Waals surface area contributed by atoms with E-state index >= 15 is 4.39 Å². The summed E-state index contributed by atoms with van der Waals surface area (Å²) in [5, 5.41) is 3.32. The second-order valence-corrected chi connectivity index (χ2v) is 9.50. The Kier molecular flexibility index (Phi) is 5.77. The van der Waals surface area contributed by atoms with Gasteiger partial charge >= 0.3 is 0 Å². The molecule has 184 valence electrons. The zero-order valence-electron chi connectivity index (χ0n) is 19.6. The number of amides is 1. The number of carbonyl (C=O) groups is 1. The minimum Gasteiger partial charge on any atom is -0.483 e. The molecule has 0 unspecified atom stereocenters. The Morgan fingerprint density at radius 3 is 2.80 bits per heavy atom. The van der Waals surface area contributed by atoms with Gasteiger partial charge in [-0.15, -0.1) is 0 Å². The number of nitrogens with one attached hydrogen (secondary N) is 1. The summed E-state index contributed by atoms with van der Waals surface area (Å²) in [6, 6.07) is 3.92. The lowest BCUT2D eigenvalue weighted by Crippen LogP contribution is -2.51. The fourth-order valence-corrected chi connectivity index (χ4v) is 5.44. The quantitative estimate of drug-likeness (QED) is 0.668. The lowest BCUT2D eigenvalue weighted by molar-refractivity contribution is -0.125. The van der Waals surface area contributed by atoms with Crippen molar-refractivity contribution in [2.75, 3.05) is 62.7 Å². The Morgan fingerprint density at radius 1 is 1.17 bits per heavy atom. The van der Waals surface area contributed by atoms with Gasteiger partial charge in [-0.3, -0.25) is 9.69 Å². The monoisotopic (exact) mass is 480 g/mol. The van der Waals surface area contributed by atoms with Crippen molar-refractivity contribution in [1.82, 2.24) is 19.8 Å². The molecule has 0 aliphatic carbocycles. The van der Waals surface area contributed by atoms with Crippen LogP contribution >= 0.6 is 0 Å². The van der Waals surface area contributed by atoms with Crippen molar-refractivity contribution in [1.29, 1.82) is 0 Å². The van der Waals surface area contributed by atoms with E-state index in [1.807, 2.05) is 11.0 Å². The van der Waals surface area contributed by atoms with Crippen molar-refractivity contribution in [2.45, 2.75) is 25.0 Å². The molecule has 1 atom stereocenters. The Balaban J connectivity index is 1.18. The third-order valence-corrected chi connectivity index (χ3v) is 7.46. The fourth-order valence-electron chi connectivity index (χ4n) is 5.44. The molecule has 10 heteroatoms. The topological polar surface area (TPSA) is 83.1 Å². The summed E-state index contributed by atoms with van der Waals surface area (Å²) < 4.78 is 26.6. The number of anilines is 3. The highest BCUT2D eigenvalue weighted by Gasteiger charge is 2.38. The van der Waals surface area contributed by atoms with Crippen LogP contribution in [-0.4, -0.2) is 84.2 Å². The van der Waals surface area contributed by atoms with Gasteiger partial charge in [-0.25, -0.2) is 14.4 Å². The number of fused-ring (bicyclic) bond motifs is 2. The standard InChI is InChI=1S/C25H29FN6O3/c1-2-22(33)31-4-3-18(13-31)32-11-17(12-32)16-9-20(26)23-21(10-16)29-24-19(14-35-23)25(28-15-27-24)30-5-7-34-8-6-30/h2,9-10,15,17-18H,1,3-8,11-14H2,(H,27,28,29)/t18-/m1/s1. The maximum Gasteiger partial charge on any atom is 0.246 e. The van der Waals surface area contributed by atoms with E-state index in [1.165, 1.54) is 12.4 Å². The third-order valence-electron chi connectivity index (χ3n) is 7.46. The summed E-state index contributed by atoms with van der Waals surface area (Å²) >= 11 is 0. The van der Waals surface area contributed by atoms with Gasteiger partial charge in [0.25, 0.3) is 0 Å². The van der Waals surface area contributed by atoms with E-state index in [9.17, 15) is 4.79 Å². The summed E-state index contributed by atoms with van der Waals surface area (Å²) in [4.78, 5) is 27.2. The van der Waals surface area contributed by atoms with Gasteiger partial charge in [-0.2, -0.15) is 0 Å². The SMILES string of the molecule is C=CC(=O)N1CC[C@@H](N2CC(c3cc(F)c4c(c3)Nc3ncnc(N5CCOCC5)c3CO4)C2)C1. The van der Waals surface area contributed by atoms with Crippen molar-refractivity contribution in [3.8, 4) is 5.75 Å². The summed E-state index contributed by atoms with van der Waals surface area (Å²) in [6.45, 7) is 9.74. The molecule has 0 saturated carbocycles. The average molecular weight is 481 g/mol. The molecule has 6 rings (SSSR count). The zero-order chi connectivity index (χ0) is 23.9. The highest BCUT2D eigenvalue weighted by molar-refractivity contribution is 5.87. The Labute approximate surface area is 203 Å². The molecule has 0 spiro atoms. The molecule has 4 aliphatic heterocycles. The Hall–Kier alpha value is -3.24. The van der Waals surface area contributed by atoms with Crippen molar-refractivity contribution < 1.29 is 18.7 Å². The highest BCUT2D eigenvalue weighted by Crippen LogP contribution is 2.41. The first-order valence-corrected chi connectivity index (χ1v) is 12.2. The van der Waals surface area contributed by atoms with Crippen molar-refractivity contribution in [3.05, 3.63) is 48.1 Å². The maximum absolute atomic E-state index is 15.2. The number of morpholine rings is 1. The van der Waals surface area contributed by atoms with E-state index in [0.717, 1.165) is 62.6 Å². The van der Waals surface area contributed by atoms with E-state index in [-0.39, 0.29) is 30.0 Å². The van der Waals surface area contributed by atoms with Crippen LogP contribution in [0.5, 0.6) is 5.75 Å². The summed E-state index contributed by atoms with van der Waals surface area (Å²) in [5.74, 6) is 1.51. The molecule has 0 bridgehead atoms. The predicted octanol–water partition coefficient (Wildman–Crippen LogP) is 2.27. The van der Waals surface area contributed by atoms with Crippen LogP contribution in [0.2, 0.25) is 0 Å². The smallest absolute Gasteiger partial charge is 0.246 e. The van der Waals surface area contributed by atoms with Crippen LogP contribution in [0.25, 0.3) is 0 Å². The Morgan fingerprint density at radius 2 is 2.00 bits per heavy atom. The molecule has 5 heterocycles. The van der Waals surface area contributed by atoms with Crippen molar-refractivity contribution in [3.63, 3.8) is 0 Å². The number of rotatable bonds is 4. The van der Waals surface area contributed by atoms with Crippen LogP contribution in [0.1, 0.15) is 23.5 Å². The Bertz CT molecular complexity index is 1150. The second kappa shape index (κ2) is 9.09. The van der Waals surface area contributed by atoms with Gasteiger partial charge < -0.3 is 24.6 Å². The molecule has 1 aromatic heterocycles. The maximum atomic E-state index is 15.2. The van der Waals surface area contributed by atoms with Crippen LogP contribution in [0.4, 0.5) is 21.7 Å². The van der Waals surface area contributed by atoms with Crippen LogP contribution in [0, 0.1) is 5.82 Å². The number of aromatic nitrogens is 2. The summed E-state index contributed by atoms with van der Waals surface area (Å²) in [7, 11) is 0. The van der Waals surface area contributed by atoms with Crippen LogP contribution in [-0.2, 0) is 16.1 Å². The molecule has 3 saturated heterocycles. The molecule has 1 aromatic carbocycles. The third kappa shape index (κ3) is 4.10. The van der Waals surface area contributed by atoms with Gasteiger partial charge in [-0.1, -0.05) is 6.58 Å². The summed E-state index contributed by atoms with van der Waals surface area (Å²) in [5.41, 5.74) is 2.35. The number of benzene rings is 1. The predicted molar refractivity (Wildman–Crippen MR) is 129 cm³/mol. The first-order valence-electron chi connectivity index (χ1n) is 12.2. The minimum atomic E-state index is -0.374. The van der Waals surface area contributed by atoms with Gasteiger partial charge in [0.15, 0.2) is 11.6 Å². The van der Waals surface area contributed by atoms with Gasteiger partial charge in [0.05, 0.1) is 24.5 Å². The molecule has 4 aliphatic rings. The zero-order valence-corrected chi connectivity index (χ0v) is 19.6. The van der Waals surface area contributed by atoms with Gasteiger partial charge in [0.2, 0.25) is 5.91 Å². The largest absolute Gasteiger partial charge is 0.483 e. The van der Waals surface area contributed by atoms with Gasteiger partial charge in [0.1, 0.15) is 24.6 Å². The van der Waals surface area contributed by atoms with Crippen LogP contribution in [0.15, 0.2) is 31.1 Å². The molecule has 3 fully saturated rings. The van der Waals surface area contributed by atoms with E-state index in [4.69, 9.17) is 9.47 Å². The van der Waals surface area contributed by atoms with Gasteiger partial charge in [0, 0.05) is 51.2 Å². The first-order chi connectivity index (χ1) is 17.1. The number of carbonyl (C=O) groups excluding carboxylic acids is 1. The molecule has 1 N–H and O–H groups in total. The van der Waals surface area contributed by atoms with E-state index < -0.39 is 0 Å². The van der Waals surface area contributed by atoms with Crippen LogP contribution < -0.4 is 15.0 Å². The van der Waals surface area contributed by atoms with E-state index in [0.29, 0.717) is 30.8 Å².